The van der Waals surface area contributed by atoms with E-state index in [2.05, 4.69) is 15.3 Å². The molecule has 0 aromatic carbocycles. The van der Waals surface area contributed by atoms with Crippen LogP contribution in [0.3, 0.4) is 0 Å². The fourth-order valence-corrected chi connectivity index (χ4v) is 2.61. The quantitative estimate of drug-likeness (QED) is 0.857. The number of carbonyl (C=O) groups is 1. The molecule has 0 unspecified atom stereocenters. The van der Waals surface area contributed by atoms with Crippen molar-refractivity contribution in [2.75, 3.05) is 5.32 Å². The zero-order chi connectivity index (χ0) is 13.9. The predicted molar refractivity (Wildman–Crippen MR) is 68.6 cm³/mol. The summed E-state index contributed by atoms with van der Waals surface area (Å²) in [5.74, 6) is -0.484. The van der Waals surface area contributed by atoms with Crippen molar-refractivity contribution >= 4 is 11.9 Å². The van der Waals surface area contributed by atoms with E-state index in [0.29, 0.717) is 17.3 Å². The number of nitriles is 1. The van der Waals surface area contributed by atoms with Crippen LogP contribution in [0.1, 0.15) is 43.5 Å². The molecule has 2 rings (SSSR count). The van der Waals surface area contributed by atoms with E-state index in [1.54, 1.807) is 13.0 Å². The average Bonchev–Trinajstić information content (AvgIpc) is 2.75. The molecule has 0 bridgehead atoms. The highest BCUT2D eigenvalue weighted by Crippen LogP contribution is 2.35. The maximum Gasteiger partial charge on any atom is 0.305 e. The van der Waals surface area contributed by atoms with E-state index in [0.717, 1.165) is 25.7 Å². The molecule has 0 amide bonds. The second-order valence-electron chi connectivity index (χ2n) is 5.01. The summed E-state index contributed by atoms with van der Waals surface area (Å²) in [6.07, 6.45) is 3.62. The Kier molecular flexibility index (Phi) is 3.65. The molecular weight excluding hydrogens is 244 g/mol. The maximum atomic E-state index is 11.0. The molecule has 1 heterocycles. The number of rotatable bonds is 4. The van der Waals surface area contributed by atoms with Crippen molar-refractivity contribution in [2.24, 2.45) is 0 Å². The van der Waals surface area contributed by atoms with Crippen molar-refractivity contribution in [3.8, 4) is 6.07 Å². The van der Waals surface area contributed by atoms with Gasteiger partial charge in [0.15, 0.2) is 0 Å². The van der Waals surface area contributed by atoms with Crippen molar-refractivity contribution in [3.05, 3.63) is 17.5 Å². The van der Waals surface area contributed by atoms with Crippen LogP contribution in [0.15, 0.2) is 6.07 Å². The van der Waals surface area contributed by atoms with Gasteiger partial charge in [0.2, 0.25) is 5.95 Å². The van der Waals surface area contributed by atoms with Crippen molar-refractivity contribution < 1.29 is 9.90 Å². The van der Waals surface area contributed by atoms with Crippen molar-refractivity contribution in [3.63, 3.8) is 0 Å². The second-order valence-corrected chi connectivity index (χ2v) is 5.01. The number of aliphatic carboxylic acids is 1. The lowest BCUT2D eigenvalue weighted by Crippen LogP contribution is -2.38. The van der Waals surface area contributed by atoms with Gasteiger partial charge in [-0.15, -0.1) is 0 Å². The Morgan fingerprint density at radius 1 is 1.53 bits per heavy atom. The van der Waals surface area contributed by atoms with Crippen LogP contribution in [0.25, 0.3) is 0 Å². The van der Waals surface area contributed by atoms with Gasteiger partial charge in [-0.05, 0) is 25.8 Å². The molecule has 0 aliphatic heterocycles. The number of nitrogens with one attached hydrogen (secondary N) is 1. The summed E-state index contributed by atoms with van der Waals surface area (Å²) >= 11 is 0. The largest absolute Gasteiger partial charge is 0.481 e. The molecule has 1 aliphatic carbocycles. The van der Waals surface area contributed by atoms with Crippen LogP contribution >= 0.6 is 0 Å². The third kappa shape index (κ3) is 3.19. The molecule has 6 heteroatoms. The lowest BCUT2D eigenvalue weighted by atomic mass is 9.93. The Hall–Kier alpha value is -2.16. The zero-order valence-electron chi connectivity index (χ0n) is 10.8. The van der Waals surface area contributed by atoms with Gasteiger partial charge in [-0.2, -0.15) is 5.26 Å². The minimum Gasteiger partial charge on any atom is -0.481 e. The second kappa shape index (κ2) is 5.22. The standard InChI is InChI=1S/C13H16N4O2/c1-9-6-10(8-14)16-12(15-9)17-13(7-11(18)19)4-2-3-5-13/h6H,2-5,7H2,1H3,(H,18,19)(H,15,16,17). The van der Waals surface area contributed by atoms with Crippen LogP contribution in [0.2, 0.25) is 0 Å². The van der Waals surface area contributed by atoms with E-state index in [4.69, 9.17) is 10.4 Å². The molecule has 2 N–H and O–H groups in total. The topological polar surface area (TPSA) is 98.9 Å². The van der Waals surface area contributed by atoms with Gasteiger partial charge in [0.1, 0.15) is 11.8 Å². The van der Waals surface area contributed by atoms with Gasteiger partial charge >= 0.3 is 5.97 Å². The Bertz CT molecular complexity index is 530. The normalized spacial score (nSPS) is 16.8. The lowest BCUT2D eigenvalue weighted by Gasteiger charge is -2.28. The molecule has 0 spiro atoms. The Morgan fingerprint density at radius 3 is 2.79 bits per heavy atom. The van der Waals surface area contributed by atoms with Gasteiger partial charge in [-0.3, -0.25) is 4.79 Å². The first-order chi connectivity index (χ1) is 9.03. The van der Waals surface area contributed by atoms with Gasteiger partial charge in [0.05, 0.1) is 12.0 Å². The summed E-state index contributed by atoms with van der Waals surface area (Å²) in [4.78, 5) is 19.3. The minimum absolute atomic E-state index is 0.0478. The highest BCUT2D eigenvalue weighted by molar-refractivity contribution is 5.69. The summed E-state index contributed by atoms with van der Waals surface area (Å²) in [7, 11) is 0. The van der Waals surface area contributed by atoms with E-state index in [9.17, 15) is 4.79 Å². The van der Waals surface area contributed by atoms with Crippen LogP contribution in [0.5, 0.6) is 0 Å². The smallest absolute Gasteiger partial charge is 0.305 e. The molecule has 0 radical (unpaired) electrons. The number of hydrogen-bond acceptors (Lipinski definition) is 5. The van der Waals surface area contributed by atoms with Crippen LogP contribution in [0, 0.1) is 18.3 Å². The summed E-state index contributed by atoms with van der Waals surface area (Å²) in [6.45, 7) is 1.78. The molecule has 1 aromatic heterocycles. The van der Waals surface area contributed by atoms with E-state index < -0.39 is 11.5 Å². The van der Waals surface area contributed by atoms with E-state index in [-0.39, 0.29) is 6.42 Å². The molecule has 0 saturated heterocycles. The number of anilines is 1. The number of carboxylic acid groups (broad SMARTS) is 1. The maximum absolute atomic E-state index is 11.0. The summed E-state index contributed by atoms with van der Waals surface area (Å²) < 4.78 is 0. The first-order valence-electron chi connectivity index (χ1n) is 6.29. The van der Waals surface area contributed by atoms with Crippen LogP contribution < -0.4 is 5.32 Å². The van der Waals surface area contributed by atoms with Gasteiger partial charge < -0.3 is 10.4 Å². The summed E-state index contributed by atoms with van der Waals surface area (Å²) in [6, 6.07) is 3.58. The molecule has 0 atom stereocenters. The SMILES string of the molecule is Cc1cc(C#N)nc(NC2(CC(=O)O)CCCC2)n1. The van der Waals surface area contributed by atoms with Gasteiger partial charge in [-0.25, -0.2) is 9.97 Å². The van der Waals surface area contributed by atoms with Crippen molar-refractivity contribution in [1.29, 1.82) is 5.26 Å². The summed E-state index contributed by atoms with van der Waals surface area (Å²) in [5.41, 5.74) is 0.503. The molecule has 6 nitrogen and oxygen atoms in total. The first-order valence-corrected chi connectivity index (χ1v) is 6.29. The Balaban J connectivity index is 2.24. The minimum atomic E-state index is -0.831. The number of nitrogens with zero attached hydrogens (tertiary/aromatic N) is 3. The molecule has 1 aliphatic rings. The highest BCUT2D eigenvalue weighted by atomic mass is 16.4. The first kappa shape index (κ1) is 13.3. The molecular formula is C13H16N4O2. The molecule has 1 saturated carbocycles. The Morgan fingerprint density at radius 2 is 2.21 bits per heavy atom. The molecule has 19 heavy (non-hydrogen) atoms. The molecule has 1 aromatic rings. The monoisotopic (exact) mass is 260 g/mol. The number of aryl methyl sites for hydroxylation is 1. The fourth-order valence-electron chi connectivity index (χ4n) is 2.61. The fraction of sp³-hybridized carbons (Fsp3) is 0.538. The molecule has 1 fully saturated rings. The van der Waals surface area contributed by atoms with Gasteiger partial charge in [0, 0.05) is 5.69 Å². The van der Waals surface area contributed by atoms with Gasteiger partial charge in [-0.1, -0.05) is 12.8 Å². The third-order valence-electron chi connectivity index (χ3n) is 3.40. The number of aromatic nitrogens is 2. The molecule has 100 valence electrons. The van der Waals surface area contributed by atoms with Crippen molar-refractivity contribution in [1.82, 2.24) is 9.97 Å². The highest BCUT2D eigenvalue weighted by Gasteiger charge is 2.36. The van der Waals surface area contributed by atoms with E-state index >= 15 is 0 Å². The van der Waals surface area contributed by atoms with Crippen LogP contribution in [0.4, 0.5) is 5.95 Å². The third-order valence-corrected chi connectivity index (χ3v) is 3.40. The van der Waals surface area contributed by atoms with E-state index in [1.807, 2.05) is 6.07 Å². The summed E-state index contributed by atoms with van der Waals surface area (Å²) in [5, 5.41) is 21.1. The Labute approximate surface area is 111 Å². The zero-order valence-corrected chi connectivity index (χ0v) is 10.8. The van der Waals surface area contributed by atoms with Crippen LogP contribution in [-0.4, -0.2) is 26.6 Å². The average molecular weight is 260 g/mol. The predicted octanol–water partition coefficient (Wildman–Crippen LogP) is 1.86. The van der Waals surface area contributed by atoms with E-state index in [1.165, 1.54) is 0 Å². The number of carboxylic acids is 1. The lowest BCUT2D eigenvalue weighted by molar-refractivity contribution is -0.138. The van der Waals surface area contributed by atoms with Crippen LogP contribution in [-0.2, 0) is 4.79 Å². The van der Waals surface area contributed by atoms with Gasteiger partial charge in [0.25, 0.3) is 0 Å². The number of hydrogen-bond donors (Lipinski definition) is 2. The van der Waals surface area contributed by atoms with Crippen molar-refractivity contribution in [2.45, 2.75) is 44.6 Å².